The van der Waals surface area contributed by atoms with Crippen molar-refractivity contribution < 1.29 is 23.1 Å². The molecule has 6 heteroatoms. The first-order valence-corrected chi connectivity index (χ1v) is 8.61. The molecule has 0 aliphatic rings. The monoisotopic (exact) mass is 370 g/mol. The van der Waals surface area contributed by atoms with E-state index < -0.39 is 23.5 Å². The van der Waals surface area contributed by atoms with Crippen molar-refractivity contribution in [2.75, 3.05) is 0 Å². The van der Waals surface area contributed by atoms with E-state index in [1.54, 1.807) is 0 Å². The van der Waals surface area contributed by atoms with E-state index >= 15 is 0 Å². The summed E-state index contributed by atoms with van der Waals surface area (Å²) in [5.41, 5.74) is 1.56. The first-order valence-electron chi connectivity index (χ1n) is 8.61. The lowest BCUT2D eigenvalue weighted by atomic mass is 10.1. The fourth-order valence-electron chi connectivity index (χ4n) is 2.65. The van der Waals surface area contributed by atoms with Crippen molar-refractivity contribution in [1.29, 1.82) is 0 Å². The summed E-state index contributed by atoms with van der Waals surface area (Å²) in [5, 5.41) is 0.715. The molecule has 3 aromatic rings. The molecular weight excluding hydrogens is 351 g/mol. The fourth-order valence-corrected chi connectivity index (χ4v) is 2.65. The van der Waals surface area contributed by atoms with Crippen molar-refractivity contribution in [2.45, 2.75) is 33.0 Å². The Balaban J connectivity index is 1.71. The standard InChI is InChI=1S/C21H19FO5/c1-3-14-4-9-18-15(11-20(23)27-19(18)10-14)12-25-21(24)13(2)26-17-7-5-16(22)6-8-17/h4-11,13H,3,12H2,1-2H3. The molecule has 27 heavy (non-hydrogen) atoms. The molecule has 0 N–H and O–H groups in total. The van der Waals surface area contributed by atoms with Crippen LogP contribution in [0.4, 0.5) is 4.39 Å². The minimum atomic E-state index is -0.881. The van der Waals surface area contributed by atoms with Crippen LogP contribution in [0.3, 0.4) is 0 Å². The van der Waals surface area contributed by atoms with Gasteiger partial charge in [-0.2, -0.15) is 0 Å². The molecule has 1 atom stereocenters. The lowest BCUT2D eigenvalue weighted by Crippen LogP contribution is -2.26. The van der Waals surface area contributed by atoms with Gasteiger partial charge in [-0.05, 0) is 49.2 Å². The van der Waals surface area contributed by atoms with Crippen molar-refractivity contribution in [3.8, 4) is 5.75 Å². The minimum absolute atomic E-state index is 0.0798. The van der Waals surface area contributed by atoms with Gasteiger partial charge in [0.2, 0.25) is 0 Å². The first kappa shape index (κ1) is 18.6. The zero-order valence-electron chi connectivity index (χ0n) is 15.0. The normalized spacial score (nSPS) is 12.0. The molecule has 1 heterocycles. The highest BCUT2D eigenvalue weighted by Crippen LogP contribution is 2.20. The van der Waals surface area contributed by atoms with Crippen LogP contribution in [0.2, 0.25) is 0 Å². The molecule has 0 amide bonds. The zero-order valence-corrected chi connectivity index (χ0v) is 15.0. The molecule has 140 valence electrons. The summed E-state index contributed by atoms with van der Waals surface area (Å²) in [7, 11) is 0. The van der Waals surface area contributed by atoms with E-state index in [-0.39, 0.29) is 6.61 Å². The van der Waals surface area contributed by atoms with Crippen LogP contribution in [0.15, 0.2) is 57.7 Å². The minimum Gasteiger partial charge on any atom is -0.479 e. The van der Waals surface area contributed by atoms with Gasteiger partial charge >= 0.3 is 11.6 Å². The second-order valence-corrected chi connectivity index (χ2v) is 6.10. The van der Waals surface area contributed by atoms with Crippen LogP contribution in [0.1, 0.15) is 25.0 Å². The maximum Gasteiger partial charge on any atom is 0.347 e. The smallest absolute Gasteiger partial charge is 0.347 e. The van der Waals surface area contributed by atoms with Gasteiger partial charge in [0.15, 0.2) is 6.10 Å². The van der Waals surface area contributed by atoms with Crippen molar-refractivity contribution in [3.63, 3.8) is 0 Å². The highest BCUT2D eigenvalue weighted by molar-refractivity contribution is 5.81. The number of carbonyl (C=O) groups is 1. The Kier molecular flexibility index (Phi) is 5.54. The van der Waals surface area contributed by atoms with Crippen LogP contribution in [0.25, 0.3) is 11.0 Å². The Hall–Kier alpha value is -3.15. The third-order valence-corrected chi connectivity index (χ3v) is 4.13. The van der Waals surface area contributed by atoms with E-state index in [0.717, 1.165) is 12.0 Å². The number of rotatable bonds is 6. The lowest BCUT2D eigenvalue weighted by Gasteiger charge is -2.14. The molecule has 2 aromatic carbocycles. The number of esters is 1. The summed E-state index contributed by atoms with van der Waals surface area (Å²) in [4.78, 5) is 24.0. The van der Waals surface area contributed by atoms with Crippen molar-refractivity contribution in [3.05, 3.63) is 75.9 Å². The van der Waals surface area contributed by atoms with Crippen molar-refractivity contribution in [2.24, 2.45) is 0 Å². The van der Waals surface area contributed by atoms with Crippen LogP contribution in [-0.2, 0) is 22.6 Å². The quantitative estimate of drug-likeness (QED) is 0.485. The molecule has 0 saturated heterocycles. The van der Waals surface area contributed by atoms with Gasteiger partial charge in [-0.3, -0.25) is 0 Å². The zero-order chi connectivity index (χ0) is 19.4. The number of carbonyl (C=O) groups excluding carboxylic acids is 1. The number of benzene rings is 2. The topological polar surface area (TPSA) is 65.7 Å². The number of halogens is 1. The third kappa shape index (κ3) is 4.53. The second kappa shape index (κ2) is 8.03. The average molecular weight is 370 g/mol. The lowest BCUT2D eigenvalue weighted by molar-refractivity contribution is -0.152. The third-order valence-electron chi connectivity index (χ3n) is 4.13. The van der Waals surface area contributed by atoms with Gasteiger partial charge in [0.25, 0.3) is 0 Å². The van der Waals surface area contributed by atoms with E-state index in [4.69, 9.17) is 13.9 Å². The number of hydrogen-bond acceptors (Lipinski definition) is 5. The summed E-state index contributed by atoms with van der Waals surface area (Å²) in [5.74, 6) is -0.622. The largest absolute Gasteiger partial charge is 0.479 e. The van der Waals surface area contributed by atoms with Crippen LogP contribution < -0.4 is 10.4 Å². The molecule has 5 nitrogen and oxygen atoms in total. The Morgan fingerprint density at radius 3 is 2.59 bits per heavy atom. The highest BCUT2D eigenvalue weighted by Gasteiger charge is 2.17. The molecule has 0 spiro atoms. The fraction of sp³-hybridized carbons (Fsp3) is 0.238. The van der Waals surface area contributed by atoms with E-state index in [1.807, 2.05) is 25.1 Å². The summed E-state index contributed by atoms with van der Waals surface area (Å²) in [6, 6.07) is 12.3. The Labute approximate surface area is 155 Å². The maximum atomic E-state index is 12.9. The Morgan fingerprint density at radius 1 is 1.15 bits per heavy atom. The van der Waals surface area contributed by atoms with Gasteiger partial charge in [-0.1, -0.05) is 19.1 Å². The van der Waals surface area contributed by atoms with Crippen LogP contribution in [0, 0.1) is 5.82 Å². The SMILES string of the molecule is CCc1ccc2c(COC(=O)C(C)Oc3ccc(F)cc3)cc(=O)oc2c1. The van der Waals surface area contributed by atoms with Crippen molar-refractivity contribution in [1.82, 2.24) is 0 Å². The van der Waals surface area contributed by atoms with Crippen LogP contribution in [0.5, 0.6) is 5.75 Å². The first-order chi connectivity index (χ1) is 13.0. The number of hydrogen-bond donors (Lipinski definition) is 0. The maximum absolute atomic E-state index is 12.9. The van der Waals surface area contributed by atoms with Gasteiger partial charge in [-0.25, -0.2) is 14.0 Å². The van der Waals surface area contributed by atoms with Gasteiger partial charge in [0.05, 0.1) is 0 Å². The van der Waals surface area contributed by atoms with E-state index in [1.165, 1.54) is 37.3 Å². The van der Waals surface area contributed by atoms with Gasteiger partial charge in [-0.15, -0.1) is 0 Å². The number of aryl methyl sites for hydroxylation is 1. The number of ether oxygens (including phenoxy) is 2. The molecule has 0 aliphatic heterocycles. The molecule has 1 aromatic heterocycles. The molecule has 0 aliphatic carbocycles. The Bertz CT molecular complexity index is 1010. The second-order valence-electron chi connectivity index (χ2n) is 6.10. The summed E-state index contributed by atoms with van der Waals surface area (Å²) < 4.78 is 28.9. The van der Waals surface area contributed by atoms with E-state index in [2.05, 4.69) is 0 Å². The van der Waals surface area contributed by atoms with Crippen LogP contribution >= 0.6 is 0 Å². The Morgan fingerprint density at radius 2 is 1.89 bits per heavy atom. The van der Waals surface area contributed by atoms with Gasteiger partial charge in [0.1, 0.15) is 23.8 Å². The summed E-state index contributed by atoms with van der Waals surface area (Å²) in [6.07, 6.45) is -0.0644. The van der Waals surface area contributed by atoms with E-state index in [9.17, 15) is 14.0 Å². The molecule has 0 radical (unpaired) electrons. The van der Waals surface area contributed by atoms with Crippen LogP contribution in [-0.4, -0.2) is 12.1 Å². The van der Waals surface area contributed by atoms with Gasteiger partial charge in [0, 0.05) is 17.0 Å². The number of fused-ring (bicyclic) bond motifs is 1. The highest BCUT2D eigenvalue weighted by atomic mass is 19.1. The van der Waals surface area contributed by atoms with Crippen molar-refractivity contribution >= 4 is 16.9 Å². The summed E-state index contributed by atoms with van der Waals surface area (Å²) >= 11 is 0. The molecule has 0 saturated carbocycles. The average Bonchev–Trinajstić information content (AvgIpc) is 2.66. The predicted molar refractivity (Wildman–Crippen MR) is 98.1 cm³/mol. The molecular formula is C21H19FO5. The molecule has 0 fully saturated rings. The van der Waals surface area contributed by atoms with Gasteiger partial charge < -0.3 is 13.9 Å². The van der Waals surface area contributed by atoms with E-state index in [0.29, 0.717) is 22.3 Å². The predicted octanol–water partition coefficient (Wildman–Crippen LogP) is 4.01. The molecule has 1 unspecified atom stereocenters. The molecule has 0 bridgehead atoms. The summed E-state index contributed by atoms with van der Waals surface area (Å²) in [6.45, 7) is 3.47. The molecule has 3 rings (SSSR count).